The van der Waals surface area contributed by atoms with E-state index in [-0.39, 0.29) is 11.9 Å². The molecule has 1 heterocycles. The van der Waals surface area contributed by atoms with Gasteiger partial charge < -0.3 is 14.5 Å². The van der Waals surface area contributed by atoms with Crippen LogP contribution in [0.2, 0.25) is 0 Å². The summed E-state index contributed by atoms with van der Waals surface area (Å²) in [6.07, 6.45) is 0. The first-order chi connectivity index (χ1) is 8.15. The number of para-hydroxylation sites is 2. The van der Waals surface area contributed by atoms with Gasteiger partial charge in [0.25, 0.3) is 0 Å². The third kappa shape index (κ3) is 2.35. The first-order valence-corrected chi connectivity index (χ1v) is 5.84. The van der Waals surface area contributed by atoms with Crippen LogP contribution in [0.15, 0.2) is 24.3 Å². The van der Waals surface area contributed by atoms with Crippen molar-refractivity contribution in [1.82, 2.24) is 4.90 Å². The van der Waals surface area contributed by atoms with E-state index in [1.807, 2.05) is 31.2 Å². The molecule has 4 nitrogen and oxygen atoms in total. The highest BCUT2D eigenvalue weighted by atomic mass is 16.5. The molecule has 1 aliphatic heterocycles. The maximum atomic E-state index is 11.8. The standard InChI is InChI=1S/C13H18N2O2/c1-4-17-12-8-6-5-7-10(12)15-9-11(15)13(16)14(2)3/h5-8,11H,4,9H2,1-3H3. The Kier molecular flexibility index (Phi) is 3.22. The molecular weight excluding hydrogens is 216 g/mol. The summed E-state index contributed by atoms with van der Waals surface area (Å²) in [5.41, 5.74) is 1.01. The Labute approximate surface area is 102 Å². The van der Waals surface area contributed by atoms with Crippen molar-refractivity contribution in [1.29, 1.82) is 0 Å². The van der Waals surface area contributed by atoms with Crippen LogP contribution in [0.3, 0.4) is 0 Å². The van der Waals surface area contributed by atoms with Crippen molar-refractivity contribution >= 4 is 11.6 Å². The number of likely N-dealkylation sites (N-methyl/N-ethyl adjacent to an activating group) is 1. The Bertz CT molecular complexity index is 418. The van der Waals surface area contributed by atoms with Gasteiger partial charge in [-0.2, -0.15) is 0 Å². The molecule has 1 atom stereocenters. The number of benzene rings is 1. The SMILES string of the molecule is CCOc1ccccc1N1CC1C(=O)N(C)C. The molecule has 0 saturated carbocycles. The Balaban J connectivity index is 2.12. The summed E-state index contributed by atoms with van der Waals surface area (Å²) in [6.45, 7) is 3.37. The van der Waals surface area contributed by atoms with Gasteiger partial charge in [-0.05, 0) is 19.1 Å². The summed E-state index contributed by atoms with van der Waals surface area (Å²) in [5.74, 6) is 1.00. The predicted molar refractivity (Wildman–Crippen MR) is 67.4 cm³/mol. The summed E-state index contributed by atoms with van der Waals surface area (Å²) in [6, 6.07) is 7.82. The van der Waals surface area contributed by atoms with Gasteiger partial charge in [-0.15, -0.1) is 0 Å². The molecule has 1 aromatic carbocycles. The molecule has 4 heteroatoms. The normalized spacial score (nSPS) is 17.8. The minimum absolute atomic E-state index is 0.0217. The molecule has 0 N–H and O–H groups in total. The molecule has 1 aliphatic rings. The average molecular weight is 234 g/mol. The van der Waals surface area contributed by atoms with E-state index in [9.17, 15) is 4.79 Å². The van der Waals surface area contributed by atoms with E-state index in [0.717, 1.165) is 18.0 Å². The van der Waals surface area contributed by atoms with E-state index in [0.29, 0.717) is 6.61 Å². The molecule has 0 aromatic heterocycles. The van der Waals surface area contributed by atoms with Gasteiger partial charge in [0.05, 0.1) is 12.3 Å². The lowest BCUT2D eigenvalue weighted by Crippen LogP contribution is -2.28. The first kappa shape index (κ1) is 11.8. The van der Waals surface area contributed by atoms with Crippen molar-refractivity contribution in [2.45, 2.75) is 13.0 Å². The third-order valence-corrected chi connectivity index (χ3v) is 2.81. The minimum Gasteiger partial charge on any atom is -0.492 e. The second-order valence-electron chi connectivity index (χ2n) is 4.30. The van der Waals surface area contributed by atoms with Crippen molar-refractivity contribution in [2.75, 3.05) is 32.1 Å². The van der Waals surface area contributed by atoms with Crippen LogP contribution in [0.5, 0.6) is 5.75 Å². The number of carbonyl (C=O) groups excluding carboxylic acids is 1. The van der Waals surface area contributed by atoms with E-state index in [1.165, 1.54) is 0 Å². The number of rotatable bonds is 4. The van der Waals surface area contributed by atoms with Crippen LogP contribution in [0.25, 0.3) is 0 Å². The lowest BCUT2D eigenvalue weighted by molar-refractivity contribution is -0.127. The Morgan fingerprint density at radius 2 is 2.18 bits per heavy atom. The van der Waals surface area contributed by atoms with E-state index in [2.05, 4.69) is 4.90 Å². The van der Waals surface area contributed by atoms with Crippen LogP contribution >= 0.6 is 0 Å². The second-order valence-corrected chi connectivity index (χ2v) is 4.30. The van der Waals surface area contributed by atoms with Crippen molar-refractivity contribution in [3.05, 3.63) is 24.3 Å². The Morgan fingerprint density at radius 1 is 1.47 bits per heavy atom. The largest absolute Gasteiger partial charge is 0.492 e. The van der Waals surface area contributed by atoms with Crippen molar-refractivity contribution in [3.8, 4) is 5.75 Å². The van der Waals surface area contributed by atoms with Gasteiger partial charge in [0.1, 0.15) is 11.8 Å². The molecule has 0 radical (unpaired) electrons. The number of amides is 1. The summed E-state index contributed by atoms with van der Waals surface area (Å²) in [4.78, 5) is 15.5. The zero-order valence-corrected chi connectivity index (χ0v) is 10.5. The molecule has 0 spiro atoms. The van der Waals surface area contributed by atoms with Crippen LogP contribution in [-0.4, -0.2) is 44.1 Å². The van der Waals surface area contributed by atoms with Crippen LogP contribution < -0.4 is 9.64 Å². The molecule has 1 aromatic rings. The number of hydrogen-bond acceptors (Lipinski definition) is 3. The summed E-state index contributed by atoms with van der Waals surface area (Å²) in [5, 5.41) is 0. The van der Waals surface area contributed by atoms with E-state index >= 15 is 0 Å². The maximum absolute atomic E-state index is 11.8. The van der Waals surface area contributed by atoms with Crippen molar-refractivity contribution < 1.29 is 9.53 Å². The molecule has 2 rings (SSSR count). The highest BCUT2D eigenvalue weighted by Gasteiger charge is 2.42. The molecular formula is C13H18N2O2. The average Bonchev–Trinajstić information content (AvgIpc) is 3.09. The summed E-state index contributed by atoms with van der Waals surface area (Å²) in [7, 11) is 3.57. The molecule has 1 fully saturated rings. The number of nitrogens with zero attached hydrogens (tertiary/aromatic N) is 2. The zero-order valence-electron chi connectivity index (χ0n) is 10.5. The van der Waals surface area contributed by atoms with Crippen LogP contribution in [0, 0.1) is 0 Å². The van der Waals surface area contributed by atoms with Crippen molar-refractivity contribution in [3.63, 3.8) is 0 Å². The van der Waals surface area contributed by atoms with E-state index < -0.39 is 0 Å². The number of carbonyl (C=O) groups is 1. The summed E-state index contributed by atoms with van der Waals surface area (Å²) >= 11 is 0. The number of anilines is 1. The highest BCUT2D eigenvalue weighted by molar-refractivity contribution is 5.91. The first-order valence-electron chi connectivity index (χ1n) is 5.84. The highest BCUT2D eigenvalue weighted by Crippen LogP contribution is 2.36. The van der Waals surface area contributed by atoms with Gasteiger partial charge in [0.2, 0.25) is 5.91 Å². The van der Waals surface area contributed by atoms with E-state index in [4.69, 9.17) is 4.74 Å². The monoisotopic (exact) mass is 234 g/mol. The van der Waals surface area contributed by atoms with Crippen LogP contribution in [0.4, 0.5) is 5.69 Å². The van der Waals surface area contributed by atoms with Gasteiger partial charge in [0, 0.05) is 20.6 Å². The lowest BCUT2D eigenvalue weighted by atomic mass is 10.3. The second kappa shape index (κ2) is 4.65. The topological polar surface area (TPSA) is 32.6 Å². The fraction of sp³-hybridized carbons (Fsp3) is 0.462. The number of hydrogen-bond donors (Lipinski definition) is 0. The summed E-state index contributed by atoms with van der Waals surface area (Å²) < 4.78 is 5.56. The molecule has 1 saturated heterocycles. The van der Waals surface area contributed by atoms with Gasteiger partial charge in [0.15, 0.2) is 0 Å². The third-order valence-electron chi connectivity index (χ3n) is 2.81. The quantitative estimate of drug-likeness (QED) is 0.737. The Hall–Kier alpha value is -1.71. The Morgan fingerprint density at radius 3 is 2.82 bits per heavy atom. The van der Waals surface area contributed by atoms with Crippen molar-refractivity contribution in [2.24, 2.45) is 0 Å². The fourth-order valence-electron chi connectivity index (χ4n) is 1.89. The van der Waals surface area contributed by atoms with Gasteiger partial charge >= 0.3 is 0 Å². The van der Waals surface area contributed by atoms with Gasteiger partial charge in [-0.3, -0.25) is 4.79 Å². The van der Waals surface area contributed by atoms with Crippen LogP contribution in [-0.2, 0) is 4.79 Å². The molecule has 92 valence electrons. The molecule has 17 heavy (non-hydrogen) atoms. The predicted octanol–water partition coefficient (Wildman–Crippen LogP) is 1.36. The molecule has 0 aliphatic carbocycles. The van der Waals surface area contributed by atoms with Crippen LogP contribution in [0.1, 0.15) is 6.92 Å². The lowest BCUT2D eigenvalue weighted by Gasteiger charge is -2.13. The fourth-order valence-corrected chi connectivity index (χ4v) is 1.89. The van der Waals surface area contributed by atoms with Gasteiger partial charge in [-0.1, -0.05) is 12.1 Å². The maximum Gasteiger partial charge on any atom is 0.246 e. The molecule has 1 amide bonds. The van der Waals surface area contributed by atoms with Gasteiger partial charge in [-0.25, -0.2) is 0 Å². The van der Waals surface area contributed by atoms with E-state index in [1.54, 1.807) is 19.0 Å². The number of ether oxygens (including phenoxy) is 1. The molecule has 1 unspecified atom stereocenters. The smallest absolute Gasteiger partial charge is 0.246 e. The molecule has 0 bridgehead atoms. The minimum atomic E-state index is -0.0217. The zero-order chi connectivity index (χ0) is 12.4.